The Hall–Kier alpha value is -0.940. The molecule has 0 aromatic carbocycles. The number of H-pyrrole nitrogens is 1. The Morgan fingerprint density at radius 2 is 2.18 bits per heavy atom. The van der Waals surface area contributed by atoms with Crippen LogP contribution in [0.25, 0.3) is 11.2 Å². The number of imidazole rings is 1. The molecule has 0 bridgehead atoms. The molecule has 92 valence electrons. The lowest BCUT2D eigenvalue weighted by molar-refractivity contribution is 0.428. The molecule has 17 heavy (non-hydrogen) atoms. The van der Waals surface area contributed by atoms with E-state index in [1.165, 1.54) is 0 Å². The molecule has 2 aromatic heterocycles. The Morgan fingerprint density at radius 1 is 1.41 bits per heavy atom. The summed E-state index contributed by atoms with van der Waals surface area (Å²) in [6, 6.07) is 2.00. The number of pyridine rings is 1. The molecule has 2 heterocycles. The SMILES string of the molecule is CC(C)(C)NCCc1nc2ncc(Br)cc2[nH]1. The summed E-state index contributed by atoms with van der Waals surface area (Å²) in [5, 5.41) is 3.44. The highest BCUT2D eigenvalue weighted by Crippen LogP contribution is 2.15. The third-order valence-electron chi connectivity index (χ3n) is 2.37. The maximum Gasteiger partial charge on any atom is 0.177 e. The summed E-state index contributed by atoms with van der Waals surface area (Å²) in [6.45, 7) is 7.38. The van der Waals surface area contributed by atoms with Crippen molar-refractivity contribution in [3.63, 3.8) is 0 Å². The third kappa shape index (κ3) is 3.51. The van der Waals surface area contributed by atoms with Gasteiger partial charge in [0.25, 0.3) is 0 Å². The lowest BCUT2D eigenvalue weighted by Gasteiger charge is -2.19. The van der Waals surface area contributed by atoms with E-state index in [0.29, 0.717) is 0 Å². The molecular formula is C12H17BrN4. The summed E-state index contributed by atoms with van der Waals surface area (Å²) in [5.41, 5.74) is 1.90. The zero-order valence-electron chi connectivity index (χ0n) is 10.3. The van der Waals surface area contributed by atoms with Crippen molar-refractivity contribution >= 4 is 27.1 Å². The maximum atomic E-state index is 4.45. The summed E-state index contributed by atoms with van der Waals surface area (Å²) in [7, 11) is 0. The standard InChI is InChI=1S/C12H17BrN4/c1-12(2,3)15-5-4-10-16-9-6-8(13)7-14-11(9)17-10/h6-7,15H,4-5H2,1-3H3,(H,14,16,17). The van der Waals surface area contributed by atoms with Crippen molar-refractivity contribution in [2.75, 3.05) is 6.54 Å². The van der Waals surface area contributed by atoms with E-state index >= 15 is 0 Å². The highest BCUT2D eigenvalue weighted by Gasteiger charge is 2.09. The van der Waals surface area contributed by atoms with Crippen LogP contribution in [-0.2, 0) is 6.42 Å². The normalized spacial score (nSPS) is 12.2. The quantitative estimate of drug-likeness (QED) is 0.915. The molecule has 0 aliphatic heterocycles. The number of aromatic nitrogens is 3. The van der Waals surface area contributed by atoms with Gasteiger partial charge < -0.3 is 10.3 Å². The van der Waals surface area contributed by atoms with E-state index in [-0.39, 0.29) is 5.54 Å². The van der Waals surface area contributed by atoms with Crippen LogP contribution in [0.15, 0.2) is 16.7 Å². The molecule has 5 heteroatoms. The topological polar surface area (TPSA) is 53.6 Å². The van der Waals surface area contributed by atoms with Crippen molar-refractivity contribution in [1.82, 2.24) is 20.3 Å². The van der Waals surface area contributed by atoms with Crippen molar-refractivity contribution in [2.24, 2.45) is 0 Å². The van der Waals surface area contributed by atoms with Crippen molar-refractivity contribution in [3.05, 3.63) is 22.6 Å². The first-order valence-electron chi connectivity index (χ1n) is 5.69. The predicted octanol–water partition coefficient (Wildman–Crippen LogP) is 2.65. The summed E-state index contributed by atoms with van der Waals surface area (Å²) in [5.74, 6) is 0.974. The predicted molar refractivity (Wildman–Crippen MR) is 73.0 cm³/mol. The number of halogens is 1. The average molecular weight is 297 g/mol. The van der Waals surface area contributed by atoms with Crippen LogP contribution in [0.4, 0.5) is 0 Å². The first kappa shape index (κ1) is 12.5. The summed E-state index contributed by atoms with van der Waals surface area (Å²) in [4.78, 5) is 12.0. The van der Waals surface area contributed by atoms with Gasteiger partial charge >= 0.3 is 0 Å². The monoisotopic (exact) mass is 296 g/mol. The van der Waals surface area contributed by atoms with Gasteiger partial charge in [-0.15, -0.1) is 0 Å². The largest absolute Gasteiger partial charge is 0.341 e. The minimum Gasteiger partial charge on any atom is -0.341 e. The van der Waals surface area contributed by atoms with E-state index in [1.807, 2.05) is 6.07 Å². The van der Waals surface area contributed by atoms with E-state index in [1.54, 1.807) is 6.20 Å². The molecule has 0 saturated heterocycles. The molecule has 0 aliphatic rings. The molecule has 0 aliphatic carbocycles. The minimum absolute atomic E-state index is 0.146. The van der Waals surface area contributed by atoms with Gasteiger partial charge in [0, 0.05) is 29.2 Å². The average Bonchev–Trinajstić information content (AvgIpc) is 2.57. The van der Waals surface area contributed by atoms with Crippen LogP contribution in [0.2, 0.25) is 0 Å². The number of fused-ring (bicyclic) bond motifs is 1. The molecule has 4 nitrogen and oxygen atoms in total. The Bertz CT molecular complexity index is 513. The molecule has 2 aromatic rings. The molecule has 0 unspecified atom stereocenters. The van der Waals surface area contributed by atoms with E-state index in [2.05, 4.69) is 57.0 Å². The third-order valence-corrected chi connectivity index (χ3v) is 2.80. The van der Waals surface area contributed by atoms with Crippen LogP contribution in [0.3, 0.4) is 0 Å². The molecule has 2 N–H and O–H groups in total. The summed E-state index contributed by atoms with van der Waals surface area (Å²) >= 11 is 3.40. The van der Waals surface area contributed by atoms with Gasteiger partial charge in [0.2, 0.25) is 0 Å². The first-order chi connectivity index (χ1) is 7.94. The zero-order valence-corrected chi connectivity index (χ0v) is 11.9. The van der Waals surface area contributed by atoms with Gasteiger partial charge in [-0.2, -0.15) is 0 Å². The second-order valence-corrected chi connectivity index (χ2v) is 6.05. The summed E-state index contributed by atoms with van der Waals surface area (Å²) < 4.78 is 0.966. The van der Waals surface area contributed by atoms with Gasteiger partial charge in [-0.05, 0) is 42.8 Å². The first-order valence-corrected chi connectivity index (χ1v) is 6.48. The minimum atomic E-state index is 0.146. The Kier molecular flexibility index (Phi) is 3.49. The summed E-state index contributed by atoms with van der Waals surface area (Å²) in [6.07, 6.45) is 2.64. The van der Waals surface area contributed by atoms with Crippen molar-refractivity contribution < 1.29 is 0 Å². The van der Waals surface area contributed by atoms with Crippen LogP contribution < -0.4 is 5.32 Å². The van der Waals surface area contributed by atoms with E-state index < -0.39 is 0 Å². The molecule has 0 saturated carbocycles. The van der Waals surface area contributed by atoms with Gasteiger partial charge in [0.15, 0.2) is 5.65 Å². The molecule has 0 radical (unpaired) electrons. The van der Waals surface area contributed by atoms with Crippen LogP contribution in [-0.4, -0.2) is 27.0 Å². The van der Waals surface area contributed by atoms with Crippen molar-refractivity contribution in [1.29, 1.82) is 0 Å². The number of nitrogens with one attached hydrogen (secondary N) is 2. The molecular weight excluding hydrogens is 280 g/mol. The second-order valence-electron chi connectivity index (χ2n) is 5.13. The van der Waals surface area contributed by atoms with Crippen LogP contribution in [0.1, 0.15) is 26.6 Å². The molecule has 0 spiro atoms. The van der Waals surface area contributed by atoms with Crippen molar-refractivity contribution in [3.8, 4) is 0 Å². The number of hydrogen-bond acceptors (Lipinski definition) is 3. The number of hydrogen-bond donors (Lipinski definition) is 2. The molecule has 0 amide bonds. The van der Waals surface area contributed by atoms with Gasteiger partial charge in [-0.3, -0.25) is 0 Å². The zero-order chi connectivity index (χ0) is 12.5. The molecule has 0 fully saturated rings. The van der Waals surface area contributed by atoms with Crippen LogP contribution in [0.5, 0.6) is 0 Å². The highest BCUT2D eigenvalue weighted by atomic mass is 79.9. The number of rotatable bonds is 3. The van der Waals surface area contributed by atoms with Crippen molar-refractivity contribution in [2.45, 2.75) is 32.7 Å². The Labute approximate surface area is 109 Å². The lowest BCUT2D eigenvalue weighted by atomic mass is 10.1. The van der Waals surface area contributed by atoms with Crippen LogP contribution in [0, 0.1) is 0 Å². The van der Waals surface area contributed by atoms with Gasteiger partial charge in [-0.1, -0.05) is 0 Å². The fraction of sp³-hybridized carbons (Fsp3) is 0.500. The fourth-order valence-corrected chi connectivity index (χ4v) is 1.93. The van der Waals surface area contributed by atoms with Gasteiger partial charge in [-0.25, -0.2) is 9.97 Å². The highest BCUT2D eigenvalue weighted by molar-refractivity contribution is 9.10. The second kappa shape index (κ2) is 4.74. The van der Waals surface area contributed by atoms with E-state index in [9.17, 15) is 0 Å². The maximum absolute atomic E-state index is 4.45. The lowest BCUT2D eigenvalue weighted by Crippen LogP contribution is -2.37. The van der Waals surface area contributed by atoms with Gasteiger partial charge in [0.05, 0.1) is 5.52 Å². The molecule has 0 atom stereocenters. The number of nitrogens with zero attached hydrogens (tertiary/aromatic N) is 2. The fourth-order valence-electron chi connectivity index (χ4n) is 1.60. The van der Waals surface area contributed by atoms with Crippen LogP contribution >= 0.6 is 15.9 Å². The Morgan fingerprint density at radius 3 is 2.88 bits per heavy atom. The van der Waals surface area contributed by atoms with E-state index in [0.717, 1.165) is 34.4 Å². The molecule has 2 rings (SSSR count). The van der Waals surface area contributed by atoms with E-state index in [4.69, 9.17) is 0 Å². The Balaban J connectivity index is 2.05. The number of aromatic amines is 1. The smallest absolute Gasteiger partial charge is 0.177 e. The van der Waals surface area contributed by atoms with Gasteiger partial charge in [0.1, 0.15) is 5.82 Å².